The number of nitrogens with zero attached hydrogens (tertiary/aromatic N) is 3. The number of carbonyl (C=O) groups excluding carboxylic acids is 1. The number of piperazine rings is 1. The first kappa shape index (κ1) is 30.9. The quantitative estimate of drug-likeness (QED) is 0.232. The zero-order valence-corrected chi connectivity index (χ0v) is 27.3. The molecule has 8 heteroatoms. The van der Waals surface area contributed by atoms with Crippen LogP contribution in [-0.2, 0) is 12.8 Å². The Morgan fingerprint density at radius 2 is 1.77 bits per heavy atom. The maximum atomic E-state index is 14.7. The Labute approximate surface area is 263 Å². The van der Waals surface area contributed by atoms with E-state index in [1.54, 1.807) is 10.6 Å². The van der Waals surface area contributed by atoms with Crippen molar-refractivity contribution in [3.05, 3.63) is 97.2 Å². The van der Waals surface area contributed by atoms with Gasteiger partial charge in [0.05, 0.1) is 28.2 Å². The minimum atomic E-state index is -0.182. The van der Waals surface area contributed by atoms with Crippen LogP contribution in [0.5, 0.6) is 0 Å². The highest BCUT2D eigenvalue weighted by molar-refractivity contribution is 7.13. The Balaban J connectivity index is 1.83. The molecule has 1 saturated heterocycles. The monoisotopic (exact) mass is 614 g/mol. The lowest BCUT2D eigenvalue weighted by atomic mass is 9.99. The number of hydrogen-bond donors (Lipinski definition) is 1. The van der Waals surface area contributed by atoms with Crippen LogP contribution in [0.1, 0.15) is 68.7 Å². The fourth-order valence-electron chi connectivity index (χ4n) is 5.74. The molecule has 1 aliphatic rings. The van der Waals surface area contributed by atoms with Crippen LogP contribution in [0.15, 0.2) is 64.3 Å². The number of aryl methyl sites for hydroxylation is 2. The second-order valence-electron chi connectivity index (χ2n) is 11.4. The summed E-state index contributed by atoms with van der Waals surface area (Å²) in [6.45, 7) is 13.7. The number of carbonyl (C=O) groups is 1. The average Bonchev–Trinajstić information content (AvgIpc) is 3.48. The third kappa shape index (κ3) is 6.12. The average molecular weight is 615 g/mol. The molecule has 0 spiro atoms. The molecule has 0 saturated carbocycles. The van der Waals surface area contributed by atoms with Crippen molar-refractivity contribution in [3.8, 4) is 27.5 Å². The third-order valence-corrected chi connectivity index (χ3v) is 9.38. The molecule has 5 rings (SSSR count). The molecular weight excluding hydrogens is 576 g/mol. The molecule has 1 amide bonds. The first-order chi connectivity index (χ1) is 20.6. The molecule has 3 heterocycles. The summed E-state index contributed by atoms with van der Waals surface area (Å²) in [6, 6.07) is 15.6. The molecule has 0 bridgehead atoms. The van der Waals surface area contributed by atoms with Crippen LogP contribution in [0, 0.1) is 0 Å². The Morgan fingerprint density at radius 3 is 2.40 bits per heavy atom. The summed E-state index contributed by atoms with van der Waals surface area (Å²) in [5.74, 6) is -0.0788. The summed E-state index contributed by atoms with van der Waals surface area (Å²) in [7, 11) is 0. The van der Waals surface area contributed by atoms with E-state index in [0.29, 0.717) is 33.4 Å². The van der Waals surface area contributed by atoms with Gasteiger partial charge >= 0.3 is 0 Å². The molecular formula is C35H39ClN4O2S. The van der Waals surface area contributed by atoms with Crippen LogP contribution in [0.25, 0.3) is 33.6 Å². The van der Waals surface area contributed by atoms with Gasteiger partial charge in [-0.25, -0.2) is 4.98 Å². The number of aromatic nitrogens is 2. The predicted octanol–water partition coefficient (Wildman–Crippen LogP) is 7.65. The molecule has 0 radical (unpaired) electrons. The van der Waals surface area contributed by atoms with E-state index >= 15 is 0 Å². The summed E-state index contributed by atoms with van der Waals surface area (Å²) in [5.41, 5.74) is 7.02. The van der Waals surface area contributed by atoms with Crippen LogP contribution in [0.3, 0.4) is 0 Å². The SMILES string of the molecule is CCc1cccc(CC)c1-n1c(C=C(C)C)c(C(=O)N2CCNC(C)C2C)cc(-c2nc(-c3ccc(Cl)cc3)cs2)c1=O. The molecule has 0 aliphatic carbocycles. The number of thiazole rings is 1. The Kier molecular flexibility index (Phi) is 9.35. The largest absolute Gasteiger partial charge is 0.333 e. The molecule has 1 aliphatic heterocycles. The van der Waals surface area contributed by atoms with Gasteiger partial charge in [-0.15, -0.1) is 11.3 Å². The lowest BCUT2D eigenvalue weighted by Gasteiger charge is -2.39. The molecule has 4 aromatic rings. The van der Waals surface area contributed by atoms with E-state index in [2.05, 4.69) is 45.1 Å². The number of amides is 1. The Bertz CT molecular complexity index is 1710. The molecule has 2 aromatic carbocycles. The van der Waals surface area contributed by atoms with Crippen molar-refractivity contribution in [2.45, 2.75) is 66.5 Å². The van der Waals surface area contributed by atoms with Gasteiger partial charge in [0.25, 0.3) is 11.5 Å². The summed E-state index contributed by atoms with van der Waals surface area (Å²) < 4.78 is 1.78. The molecule has 2 unspecified atom stereocenters. The number of allylic oxidation sites excluding steroid dienone is 1. The van der Waals surface area contributed by atoms with Crippen LogP contribution >= 0.6 is 22.9 Å². The fraction of sp³-hybridized carbons (Fsp3) is 0.343. The lowest BCUT2D eigenvalue weighted by molar-refractivity contribution is 0.0602. The van der Waals surface area contributed by atoms with Crippen molar-refractivity contribution in [1.82, 2.24) is 19.8 Å². The van der Waals surface area contributed by atoms with Crippen molar-refractivity contribution in [1.29, 1.82) is 0 Å². The summed E-state index contributed by atoms with van der Waals surface area (Å²) in [6.07, 6.45) is 3.48. The highest BCUT2D eigenvalue weighted by atomic mass is 35.5. The van der Waals surface area contributed by atoms with Gasteiger partial charge in [-0.2, -0.15) is 0 Å². The molecule has 6 nitrogen and oxygen atoms in total. The number of benzene rings is 2. The smallest absolute Gasteiger partial charge is 0.265 e. The summed E-state index contributed by atoms with van der Waals surface area (Å²) in [4.78, 5) is 36.1. The molecule has 1 N–H and O–H groups in total. The second-order valence-corrected chi connectivity index (χ2v) is 12.7. The van der Waals surface area contributed by atoms with Gasteiger partial charge in [0.2, 0.25) is 0 Å². The van der Waals surface area contributed by atoms with E-state index in [9.17, 15) is 9.59 Å². The zero-order valence-electron chi connectivity index (χ0n) is 25.7. The number of nitrogens with one attached hydrogen (secondary N) is 1. The molecule has 43 heavy (non-hydrogen) atoms. The van der Waals surface area contributed by atoms with Crippen molar-refractivity contribution >= 4 is 34.9 Å². The first-order valence-corrected chi connectivity index (χ1v) is 16.2. The minimum Gasteiger partial charge on any atom is -0.333 e. The van der Waals surface area contributed by atoms with Crippen molar-refractivity contribution < 1.29 is 4.79 Å². The van der Waals surface area contributed by atoms with E-state index in [4.69, 9.17) is 16.6 Å². The first-order valence-electron chi connectivity index (χ1n) is 15.0. The standard InChI is InChI=1S/C35H39ClN4O2S/c1-7-24-10-9-11-25(8-2)32(24)40-31(18-21(3)4)28(34(41)39-17-16-37-22(5)23(39)6)19-29(35(40)42)33-38-30(20-43-33)26-12-14-27(36)15-13-26/h9-15,18-20,22-23,37H,7-8,16-17H2,1-6H3. The molecule has 2 aromatic heterocycles. The predicted molar refractivity (Wildman–Crippen MR) is 180 cm³/mol. The van der Waals surface area contributed by atoms with Gasteiger partial charge in [0.15, 0.2) is 0 Å². The van der Waals surface area contributed by atoms with Crippen LogP contribution in [0.2, 0.25) is 5.02 Å². The normalized spacial score (nSPS) is 16.8. The highest BCUT2D eigenvalue weighted by Crippen LogP contribution is 2.32. The van der Waals surface area contributed by atoms with Gasteiger partial charge in [0, 0.05) is 41.1 Å². The lowest BCUT2D eigenvalue weighted by Crippen LogP contribution is -2.57. The van der Waals surface area contributed by atoms with Gasteiger partial charge in [-0.3, -0.25) is 14.2 Å². The summed E-state index contributed by atoms with van der Waals surface area (Å²) >= 11 is 7.53. The van der Waals surface area contributed by atoms with Gasteiger partial charge < -0.3 is 10.2 Å². The molecule has 2 atom stereocenters. The summed E-state index contributed by atoms with van der Waals surface area (Å²) in [5, 5.41) is 6.65. The van der Waals surface area contributed by atoms with E-state index in [-0.39, 0.29) is 23.6 Å². The van der Waals surface area contributed by atoms with Crippen molar-refractivity contribution in [2.75, 3.05) is 13.1 Å². The van der Waals surface area contributed by atoms with Gasteiger partial charge in [-0.1, -0.05) is 61.4 Å². The maximum absolute atomic E-state index is 14.7. The molecule has 1 fully saturated rings. The van der Waals surface area contributed by atoms with Gasteiger partial charge in [-0.05, 0) is 75.9 Å². The highest BCUT2D eigenvalue weighted by Gasteiger charge is 2.32. The number of para-hydroxylation sites is 1. The van der Waals surface area contributed by atoms with E-state index in [1.165, 1.54) is 11.3 Å². The van der Waals surface area contributed by atoms with Crippen LogP contribution in [0.4, 0.5) is 0 Å². The Hall–Kier alpha value is -3.52. The van der Waals surface area contributed by atoms with Crippen LogP contribution in [-0.4, -0.2) is 45.5 Å². The minimum absolute atomic E-state index is 0.00451. The Morgan fingerprint density at radius 1 is 1.09 bits per heavy atom. The van der Waals surface area contributed by atoms with E-state index in [1.807, 2.05) is 60.5 Å². The maximum Gasteiger partial charge on any atom is 0.265 e. The van der Waals surface area contributed by atoms with Crippen molar-refractivity contribution in [2.24, 2.45) is 0 Å². The van der Waals surface area contributed by atoms with E-state index in [0.717, 1.165) is 53.0 Å². The van der Waals surface area contributed by atoms with E-state index < -0.39 is 0 Å². The molecule has 224 valence electrons. The van der Waals surface area contributed by atoms with Crippen LogP contribution < -0.4 is 10.9 Å². The fourth-order valence-corrected chi connectivity index (χ4v) is 6.71. The number of hydrogen-bond acceptors (Lipinski definition) is 5. The number of rotatable bonds is 7. The van der Waals surface area contributed by atoms with Gasteiger partial charge in [0.1, 0.15) is 5.01 Å². The number of halogens is 1. The second kappa shape index (κ2) is 13.0. The zero-order chi connectivity index (χ0) is 30.8. The van der Waals surface area contributed by atoms with Crippen molar-refractivity contribution in [3.63, 3.8) is 0 Å². The topological polar surface area (TPSA) is 67.2 Å². The number of pyridine rings is 1. The third-order valence-electron chi connectivity index (χ3n) is 8.25.